The highest BCUT2D eigenvalue weighted by Gasteiger charge is 2.13. The van der Waals surface area contributed by atoms with Crippen molar-refractivity contribution in [2.24, 2.45) is 0 Å². The summed E-state index contributed by atoms with van der Waals surface area (Å²) in [6, 6.07) is 11.7. The summed E-state index contributed by atoms with van der Waals surface area (Å²) >= 11 is 10.6. The molecule has 0 atom stereocenters. The van der Waals surface area contributed by atoms with Crippen LogP contribution in [0, 0.1) is 5.82 Å². The second-order valence-corrected chi connectivity index (χ2v) is 6.62. The Morgan fingerprint density at radius 3 is 2.45 bits per heavy atom. The molecular weight excluding hydrogens is 349 g/mol. The van der Waals surface area contributed by atoms with Gasteiger partial charge in [-0.2, -0.15) is 0 Å². The zero-order chi connectivity index (χ0) is 16.2. The minimum Gasteiger partial charge on any atom is -0.332 e. The molecule has 0 unspecified atom stereocenters. The molecule has 0 fully saturated rings. The first kappa shape index (κ1) is 16.6. The van der Waals surface area contributed by atoms with Gasteiger partial charge in [-0.3, -0.25) is 5.43 Å². The predicted molar refractivity (Wildman–Crippen MR) is 87.5 cm³/mol. The Kier molecular flexibility index (Phi) is 5.30. The second kappa shape index (κ2) is 7.01. The van der Waals surface area contributed by atoms with E-state index in [0.717, 1.165) is 0 Å². The minimum atomic E-state index is -3.74. The number of hydrogen-bond acceptors (Lipinski definition) is 3. The van der Waals surface area contributed by atoms with Gasteiger partial charge in [0.15, 0.2) is 5.11 Å². The molecule has 5 nitrogen and oxygen atoms in total. The first-order valence-electron chi connectivity index (χ1n) is 5.97. The number of anilines is 1. The van der Waals surface area contributed by atoms with Crippen LogP contribution in [0.5, 0.6) is 0 Å². The van der Waals surface area contributed by atoms with Gasteiger partial charge in [-0.15, -0.1) is 4.83 Å². The van der Waals surface area contributed by atoms with E-state index in [9.17, 15) is 12.8 Å². The summed E-state index contributed by atoms with van der Waals surface area (Å²) in [5, 5.41) is 2.59. The van der Waals surface area contributed by atoms with E-state index in [1.165, 1.54) is 30.3 Å². The van der Waals surface area contributed by atoms with E-state index in [4.69, 9.17) is 23.8 Å². The van der Waals surface area contributed by atoms with Crippen LogP contribution in [0.2, 0.25) is 5.02 Å². The average molecular weight is 360 g/mol. The van der Waals surface area contributed by atoms with Crippen molar-refractivity contribution in [3.8, 4) is 0 Å². The van der Waals surface area contributed by atoms with Crippen LogP contribution >= 0.6 is 23.8 Å². The van der Waals surface area contributed by atoms with E-state index in [2.05, 4.69) is 15.6 Å². The maximum absolute atomic E-state index is 13.0. The third-order valence-corrected chi connectivity index (χ3v) is 4.29. The van der Waals surface area contributed by atoms with Gasteiger partial charge < -0.3 is 5.32 Å². The summed E-state index contributed by atoms with van der Waals surface area (Å²) in [7, 11) is -3.74. The number of hydrogen-bond donors (Lipinski definition) is 3. The Morgan fingerprint density at radius 2 is 1.82 bits per heavy atom. The Morgan fingerprint density at radius 1 is 1.14 bits per heavy atom. The third-order valence-electron chi connectivity index (χ3n) is 2.53. The SMILES string of the molecule is O=S(=O)(NNC(=S)Nc1ccc(F)c(Cl)c1)c1ccccc1. The highest BCUT2D eigenvalue weighted by Crippen LogP contribution is 2.19. The minimum absolute atomic E-state index is 0.0119. The van der Waals surface area contributed by atoms with Crippen molar-refractivity contribution in [3.63, 3.8) is 0 Å². The fourth-order valence-corrected chi connectivity index (χ4v) is 2.79. The summed E-state index contributed by atoms with van der Waals surface area (Å²) in [6.45, 7) is 0. The van der Waals surface area contributed by atoms with Crippen LogP contribution in [0.1, 0.15) is 0 Å². The molecule has 0 spiro atoms. The zero-order valence-corrected chi connectivity index (χ0v) is 13.4. The molecule has 0 saturated carbocycles. The maximum atomic E-state index is 13.0. The smallest absolute Gasteiger partial charge is 0.257 e. The molecule has 0 bridgehead atoms. The molecule has 2 aromatic rings. The summed E-state index contributed by atoms with van der Waals surface area (Å²) in [5.41, 5.74) is 2.77. The Balaban J connectivity index is 1.97. The van der Waals surface area contributed by atoms with E-state index in [1.807, 2.05) is 0 Å². The molecule has 9 heteroatoms. The summed E-state index contributed by atoms with van der Waals surface area (Å²) in [6.07, 6.45) is 0. The van der Waals surface area contributed by atoms with E-state index in [-0.39, 0.29) is 15.0 Å². The summed E-state index contributed by atoms with van der Waals surface area (Å²) < 4.78 is 36.9. The molecular formula is C13H11ClFN3O2S2. The molecule has 0 heterocycles. The largest absolute Gasteiger partial charge is 0.332 e. The van der Waals surface area contributed by atoms with Gasteiger partial charge in [-0.1, -0.05) is 29.8 Å². The monoisotopic (exact) mass is 359 g/mol. The fourth-order valence-electron chi connectivity index (χ4n) is 1.51. The topological polar surface area (TPSA) is 70.2 Å². The van der Waals surface area contributed by atoms with Crippen LogP contribution in [-0.4, -0.2) is 13.5 Å². The summed E-state index contributed by atoms with van der Waals surface area (Å²) in [4.78, 5) is 2.23. The number of halogens is 2. The molecule has 3 N–H and O–H groups in total. The molecule has 0 aliphatic heterocycles. The highest BCUT2D eigenvalue weighted by atomic mass is 35.5. The van der Waals surface area contributed by atoms with Crippen molar-refractivity contribution in [2.75, 3.05) is 5.32 Å². The Bertz CT molecular complexity index is 785. The van der Waals surface area contributed by atoms with Crippen LogP contribution < -0.4 is 15.6 Å². The van der Waals surface area contributed by atoms with Crippen molar-refractivity contribution in [3.05, 3.63) is 59.4 Å². The average Bonchev–Trinajstić information content (AvgIpc) is 2.50. The quantitative estimate of drug-likeness (QED) is 0.578. The first-order valence-corrected chi connectivity index (χ1v) is 8.24. The number of sulfonamides is 1. The van der Waals surface area contributed by atoms with E-state index in [1.54, 1.807) is 18.2 Å². The van der Waals surface area contributed by atoms with Crippen molar-refractivity contribution < 1.29 is 12.8 Å². The molecule has 0 aliphatic carbocycles. The normalized spacial score (nSPS) is 11.0. The number of rotatable bonds is 4. The van der Waals surface area contributed by atoms with Gasteiger partial charge in [0, 0.05) is 5.69 Å². The van der Waals surface area contributed by atoms with Crippen molar-refractivity contribution in [2.45, 2.75) is 4.90 Å². The summed E-state index contributed by atoms with van der Waals surface area (Å²) in [5.74, 6) is -0.559. The lowest BCUT2D eigenvalue weighted by Crippen LogP contribution is -2.43. The Hall–Kier alpha value is -1.74. The van der Waals surface area contributed by atoms with Crippen molar-refractivity contribution in [1.82, 2.24) is 10.3 Å². The van der Waals surface area contributed by atoms with Gasteiger partial charge in [0.2, 0.25) is 0 Å². The van der Waals surface area contributed by atoms with Gasteiger partial charge in [-0.05, 0) is 42.5 Å². The van der Waals surface area contributed by atoms with Crippen LogP contribution in [0.3, 0.4) is 0 Å². The van der Waals surface area contributed by atoms with Gasteiger partial charge in [0.05, 0.1) is 9.92 Å². The predicted octanol–water partition coefficient (Wildman–Crippen LogP) is 2.66. The molecule has 0 amide bonds. The molecule has 0 aromatic heterocycles. The van der Waals surface area contributed by atoms with Gasteiger partial charge >= 0.3 is 0 Å². The van der Waals surface area contributed by atoms with Gasteiger partial charge in [0.1, 0.15) is 5.82 Å². The van der Waals surface area contributed by atoms with E-state index >= 15 is 0 Å². The molecule has 0 saturated heterocycles. The second-order valence-electron chi connectivity index (χ2n) is 4.13. The first-order chi connectivity index (χ1) is 10.4. The molecule has 2 aromatic carbocycles. The molecule has 22 heavy (non-hydrogen) atoms. The molecule has 0 aliphatic rings. The van der Waals surface area contributed by atoms with Crippen LogP contribution in [0.15, 0.2) is 53.4 Å². The van der Waals surface area contributed by atoms with Crippen LogP contribution in [0.4, 0.5) is 10.1 Å². The van der Waals surface area contributed by atoms with E-state index < -0.39 is 15.8 Å². The molecule has 2 rings (SSSR count). The number of thiocarbonyl (C=S) groups is 1. The maximum Gasteiger partial charge on any atom is 0.257 e. The zero-order valence-electron chi connectivity index (χ0n) is 11.0. The molecule has 116 valence electrons. The fraction of sp³-hybridized carbons (Fsp3) is 0. The third kappa shape index (κ3) is 4.38. The number of benzene rings is 2. The van der Waals surface area contributed by atoms with Crippen LogP contribution in [-0.2, 0) is 10.0 Å². The van der Waals surface area contributed by atoms with E-state index in [0.29, 0.717) is 5.69 Å². The lowest BCUT2D eigenvalue weighted by molar-refractivity contribution is 0.578. The van der Waals surface area contributed by atoms with Crippen molar-refractivity contribution in [1.29, 1.82) is 0 Å². The highest BCUT2D eigenvalue weighted by molar-refractivity contribution is 7.89. The lowest BCUT2D eigenvalue weighted by atomic mass is 10.3. The van der Waals surface area contributed by atoms with Crippen molar-refractivity contribution >= 4 is 44.6 Å². The number of nitrogens with one attached hydrogen (secondary N) is 3. The molecule has 0 radical (unpaired) electrons. The Labute approximate surface area is 137 Å². The number of hydrazine groups is 1. The van der Waals surface area contributed by atoms with Gasteiger partial charge in [-0.25, -0.2) is 12.8 Å². The van der Waals surface area contributed by atoms with Crippen LogP contribution in [0.25, 0.3) is 0 Å². The van der Waals surface area contributed by atoms with Gasteiger partial charge in [0.25, 0.3) is 10.0 Å². The standard InChI is InChI=1S/C13H11ClFN3O2S2/c14-11-8-9(6-7-12(11)15)16-13(21)17-18-22(19,20)10-4-2-1-3-5-10/h1-8,18H,(H2,16,17,21). The lowest BCUT2D eigenvalue weighted by Gasteiger charge is -2.12.